The van der Waals surface area contributed by atoms with Gasteiger partial charge in [-0.15, -0.1) is 0 Å². The molecular formula is C21H15Cl2NO5. The maximum atomic E-state index is 12.1. The van der Waals surface area contributed by atoms with E-state index < -0.39 is 17.5 Å². The zero-order chi connectivity index (χ0) is 21.0. The van der Waals surface area contributed by atoms with Gasteiger partial charge in [0.2, 0.25) is 0 Å². The van der Waals surface area contributed by atoms with Gasteiger partial charge in [0.05, 0.1) is 0 Å². The monoisotopic (exact) mass is 431 g/mol. The van der Waals surface area contributed by atoms with Gasteiger partial charge in [0.25, 0.3) is 5.91 Å². The summed E-state index contributed by atoms with van der Waals surface area (Å²) >= 11 is 11.9. The summed E-state index contributed by atoms with van der Waals surface area (Å²) in [5, 5.41) is 3.96. The molecular weight excluding hydrogens is 417 g/mol. The lowest BCUT2D eigenvalue weighted by Gasteiger charge is -2.05. The van der Waals surface area contributed by atoms with Gasteiger partial charge in [0, 0.05) is 34.1 Å². The standard InChI is InChI=1S/C21H15Cl2NO5/c1-2-24-20(26)16-9-13-4-7-15(11-18(13)29-21(16)27)28-19(25)8-5-12-3-6-14(22)10-17(12)23/h3-11H,2H2,1H3,(H,24,26)/b8-5+. The number of fused-ring (bicyclic) bond motifs is 1. The molecule has 0 aliphatic rings. The molecule has 0 bridgehead atoms. The van der Waals surface area contributed by atoms with Crippen molar-refractivity contribution in [3.05, 3.63) is 80.1 Å². The van der Waals surface area contributed by atoms with Crippen LogP contribution in [0.3, 0.4) is 0 Å². The number of halogens is 2. The Labute approximate surface area is 175 Å². The third-order valence-corrected chi connectivity index (χ3v) is 4.43. The largest absolute Gasteiger partial charge is 0.423 e. The van der Waals surface area contributed by atoms with Crippen LogP contribution in [0.15, 0.2) is 57.8 Å². The normalized spacial score (nSPS) is 11.0. The number of nitrogens with one attached hydrogen (secondary N) is 1. The number of hydrogen-bond donors (Lipinski definition) is 1. The summed E-state index contributed by atoms with van der Waals surface area (Å²) in [4.78, 5) is 36.0. The molecule has 2 aromatic carbocycles. The molecule has 3 rings (SSSR count). The van der Waals surface area contributed by atoms with Crippen LogP contribution in [0.4, 0.5) is 0 Å². The van der Waals surface area contributed by atoms with Gasteiger partial charge < -0.3 is 14.5 Å². The minimum absolute atomic E-state index is 0.0909. The summed E-state index contributed by atoms with van der Waals surface area (Å²) in [7, 11) is 0. The molecule has 29 heavy (non-hydrogen) atoms. The van der Waals surface area contributed by atoms with Gasteiger partial charge in [-0.25, -0.2) is 9.59 Å². The van der Waals surface area contributed by atoms with Gasteiger partial charge in [0.15, 0.2) is 0 Å². The van der Waals surface area contributed by atoms with E-state index in [9.17, 15) is 14.4 Å². The summed E-state index contributed by atoms with van der Waals surface area (Å²) in [6.07, 6.45) is 2.72. The molecule has 0 atom stereocenters. The van der Waals surface area contributed by atoms with Crippen molar-refractivity contribution in [3.8, 4) is 5.75 Å². The van der Waals surface area contributed by atoms with E-state index in [2.05, 4.69) is 5.32 Å². The first-order chi connectivity index (χ1) is 13.9. The zero-order valence-corrected chi connectivity index (χ0v) is 16.7. The molecule has 1 N–H and O–H groups in total. The topological polar surface area (TPSA) is 85.6 Å². The molecule has 8 heteroatoms. The molecule has 148 valence electrons. The van der Waals surface area contributed by atoms with Gasteiger partial charge in [-0.3, -0.25) is 4.79 Å². The number of carbonyl (C=O) groups excluding carboxylic acids is 2. The van der Waals surface area contributed by atoms with Gasteiger partial charge in [-0.2, -0.15) is 0 Å². The molecule has 0 aliphatic heterocycles. The van der Waals surface area contributed by atoms with Crippen LogP contribution < -0.4 is 15.7 Å². The Morgan fingerprint density at radius 2 is 1.93 bits per heavy atom. The number of hydrogen-bond acceptors (Lipinski definition) is 5. The molecule has 0 aliphatic carbocycles. The fourth-order valence-corrected chi connectivity index (χ4v) is 2.99. The molecule has 1 amide bonds. The van der Waals surface area contributed by atoms with Crippen molar-refractivity contribution in [2.75, 3.05) is 6.54 Å². The summed E-state index contributed by atoms with van der Waals surface area (Å²) in [5.74, 6) is -0.968. The van der Waals surface area contributed by atoms with Crippen molar-refractivity contribution in [2.24, 2.45) is 0 Å². The fraction of sp³-hybridized carbons (Fsp3) is 0.0952. The minimum Gasteiger partial charge on any atom is -0.423 e. The Bertz CT molecular complexity index is 1180. The smallest absolute Gasteiger partial charge is 0.349 e. The SMILES string of the molecule is CCNC(=O)c1cc2ccc(OC(=O)/C=C/c3ccc(Cl)cc3Cl)cc2oc1=O. The van der Waals surface area contributed by atoms with Gasteiger partial charge in [-0.05, 0) is 48.9 Å². The van der Waals surface area contributed by atoms with Crippen LogP contribution in [0.25, 0.3) is 17.0 Å². The van der Waals surface area contributed by atoms with Crippen LogP contribution in [-0.4, -0.2) is 18.4 Å². The van der Waals surface area contributed by atoms with Crippen molar-refractivity contribution in [1.82, 2.24) is 5.32 Å². The van der Waals surface area contributed by atoms with Crippen LogP contribution in [0.5, 0.6) is 5.75 Å². The first-order valence-electron chi connectivity index (χ1n) is 8.58. The average molecular weight is 432 g/mol. The van der Waals surface area contributed by atoms with E-state index in [1.165, 1.54) is 30.4 Å². The second kappa shape index (κ2) is 8.94. The average Bonchev–Trinajstić information content (AvgIpc) is 2.67. The molecule has 1 heterocycles. The maximum absolute atomic E-state index is 12.1. The predicted octanol–water partition coefficient (Wildman–Crippen LogP) is 4.47. The highest BCUT2D eigenvalue weighted by Crippen LogP contribution is 2.23. The lowest BCUT2D eigenvalue weighted by Crippen LogP contribution is -2.27. The maximum Gasteiger partial charge on any atom is 0.349 e. The van der Waals surface area contributed by atoms with Gasteiger partial charge in [0.1, 0.15) is 16.9 Å². The third-order valence-electron chi connectivity index (χ3n) is 3.87. The van der Waals surface area contributed by atoms with Gasteiger partial charge >= 0.3 is 11.6 Å². The van der Waals surface area contributed by atoms with Crippen molar-refractivity contribution in [3.63, 3.8) is 0 Å². The van der Waals surface area contributed by atoms with E-state index in [4.69, 9.17) is 32.4 Å². The lowest BCUT2D eigenvalue weighted by molar-refractivity contribution is -0.128. The summed E-state index contributed by atoms with van der Waals surface area (Å²) in [6.45, 7) is 2.14. The first kappa shape index (κ1) is 20.6. The molecule has 0 unspecified atom stereocenters. The molecule has 6 nitrogen and oxygen atoms in total. The van der Waals surface area contributed by atoms with Crippen molar-refractivity contribution < 1.29 is 18.7 Å². The number of esters is 1. The van der Waals surface area contributed by atoms with Crippen LogP contribution in [-0.2, 0) is 4.79 Å². The van der Waals surface area contributed by atoms with E-state index >= 15 is 0 Å². The molecule has 0 radical (unpaired) electrons. The van der Waals surface area contributed by atoms with E-state index in [1.54, 1.807) is 31.2 Å². The highest BCUT2D eigenvalue weighted by atomic mass is 35.5. The molecule has 0 saturated carbocycles. The van der Waals surface area contributed by atoms with E-state index in [0.717, 1.165) is 0 Å². The summed E-state index contributed by atoms with van der Waals surface area (Å²) in [5.41, 5.74) is -0.0652. The van der Waals surface area contributed by atoms with Crippen molar-refractivity contribution >= 4 is 52.1 Å². The Balaban J connectivity index is 1.79. The number of rotatable bonds is 5. The first-order valence-corrected chi connectivity index (χ1v) is 9.34. The van der Waals surface area contributed by atoms with E-state index in [0.29, 0.717) is 27.5 Å². The number of benzene rings is 2. The third kappa shape index (κ3) is 5.04. The van der Waals surface area contributed by atoms with Crippen LogP contribution in [0.1, 0.15) is 22.8 Å². The van der Waals surface area contributed by atoms with Gasteiger partial charge in [-0.1, -0.05) is 29.3 Å². The highest BCUT2D eigenvalue weighted by Gasteiger charge is 2.13. The fourth-order valence-electron chi connectivity index (χ4n) is 2.51. The van der Waals surface area contributed by atoms with Crippen LogP contribution >= 0.6 is 23.2 Å². The van der Waals surface area contributed by atoms with Crippen molar-refractivity contribution in [2.45, 2.75) is 6.92 Å². The highest BCUT2D eigenvalue weighted by molar-refractivity contribution is 6.35. The van der Waals surface area contributed by atoms with E-state index in [-0.39, 0.29) is 16.9 Å². The Kier molecular flexibility index (Phi) is 6.36. The second-order valence-corrected chi connectivity index (χ2v) is 6.77. The molecule has 0 spiro atoms. The number of ether oxygens (including phenoxy) is 1. The van der Waals surface area contributed by atoms with Crippen molar-refractivity contribution in [1.29, 1.82) is 0 Å². The second-order valence-electron chi connectivity index (χ2n) is 5.93. The lowest BCUT2D eigenvalue weighted by atomic mass is 10.1. The van der Waals surface area contributed by atoms with Crippen LogP contribution in [0.2, 0.25) is 10.0 Å². The van der Waals surface area contributed by atoms with Crippen LogP contribution in [0, 0.1) is 0 Å². The Morgan fingerprint density at radius 3 is 2.66 bits per heavy atom. The summed E-state index contributed by atoms with van der Waals surface area (Å²) < 4.78 is 10.4. The number of amides is 1. The molecule has 0 saturated heterocycles. The Hall–Kier alpha value is -3.09. The summed E-state index contributed by atoms with van der Waals surface area (Å²) in [6, 6.07) is 10.8. The molecule has 0 fully saturated rings. The quantitative estimate of drug-likeness (QED) is 0.278. The molecule has 1 aromatic heterocycles. The number of carbonyl (C=O) groups is 2. The molecule has 3 aromatic rings. The van der Waals surface area contributed by atoms with E-state index in [1.807, 2.05) is 0 Å². The Morgan fingerprint density at radius 1 is 1.14 bits per heavy atom. The zero-order valence-electron chi connectivity index (χ0n) is 15.2. The minimum atomic E-state index is -0.774. The predicted molar refractivity (Wildman–Crippen MR) is 112 cm³/mol.